The van der Waals surface area contributed by atoms with Gasteiger partial charge in [0.1, 0.15) is 5.76 Å². The minimum Gasteiger partial charge on any atom is -0.474 e. The lowest BCUT2D eigenvalue weighted by atomic mass is 10.0. The molecule has 2 N–H and O–H groups in total. The number of primary amides is 1. The second-order valence-corrected chi connectivity index (χ2v) is 6.37. The van der Waals surface area contributed by atoms with Gasteiger partial charge in [0.15, 0.2) is 0 Å². The number of rotatable bonds is 1. The number of amides is 1. The normalized spacial score (nSPS) is 21.0. The lowest BCUT2D eigenvalue weighted by molar-refractivity contribution is 0.0999. The molecule has 1 unspecified atom stereocenters. The molecule has 1 aliphatic heterocycles. The van der Waals surface area contributed by atoms with Gasteiger partial charge in [-0.3, -0.25) is 4.79 Å². The van der Waals surface area contributed by atoms with Gasteiger partial charge in [0, 0.05) is 11.1 Å². The van der Waals surface area contributed by atoms with Crippen LogP contribution in [0.25, 0.3) is 5.76 Å². The molecule has 5 nitrogen and oxygen atoms in total. The number of nitrogens with two attached hydrogens (primary N) is 1. The smallest absolute Gasteiger partial charge is 0.249 e. The Balaban J connectivity index is 2.81. The molecular weight excluding hydrogens is 254 g/mol. The molecule has 1 amide bonds. The maximum Gasteiger partial charge on any atom is 0.249 e. The van der Waals surface area contributed by atoms with E-state index in [4.69, 9.17) is 10.5 Å². The van der Waals surface area contributed by atoms with Crippen LogP contribution in [0.15, 0.2) is 23.6 Å². The maximum absolute atomic E-state index is 12.1. The first kappa shape index (κ1) is 12.6. The molecule has 96 valence electrons. The first-order chi connectivity index (χ1) is 8.25. The Morgan fingerprint density at radius 1 is 1.44 bits per heavy atom. The molecule has 0 aliphatic carbocycles. The Labute approximate surface area is 105 Å². The summed E-state index contributed by atoms with van der Waals surface area (Å²) in [7, 11) is -3.62. The maximum atomic E-state index is 12.1. The van der Waals surface area contributed by atoms with Crippen LogP contribution in [0.3, 0.4) is 0 Å². The Kier molecular flexibility index (Phi) is 2.70. The van der Waals surface area contributed by atoms with Crippen LogP contribution in [0, 0.1) is 6.92 Å². The van der Waals surface area contributed by atoms with E-state index in [1.165, 1.54) is 13.0 Å². The van der Waals surface area contributed by atoms with Crippen molar-refractivity contribution in [1.82, 2.24) is 0 Å². The van der Waals surface area contributed by atoms with E-state index in [0.717, 1.165) is 0 Å². The minimum atomic E-state index is -3.62. The Morgan fingerprint density at radius 3 is 2.61 bits per heavy atom. The van der Waals surface area contributed by atoms with Gasteiger partial charge in [-0.15, -0.1) is 0 Å². The molecule has 1 atom stereocenters. The van der Waals surface area contributed by atoms with Crippen molar-refractivity contribution in [3.63, 3.8) is 0 Å². The molecule has 1 heterocycles. The van der Waals surface area contributed by atoms with Crippen molar-refractivity contribution >= 4 is 21.5 Å². The quantitative estimate of drug-likeness (QED) is 0.828. The number of sulfone groups is 1. The van der Waals surface area contributed by atoms with Crippen LogP contribution in [0.1, 0.15) is 28.4 Å². The topological polar surface area (TPSA) is 86.5 Å². The molecule has 0 spiro atoms. The van der Waals surface area contributed by atoms with Gasteiger partial charge in [-0.1, -0.05) is 6.58 Å². The summed E-state index contributed by atoms with van der Waals surface area (Å²) in [5.41, 5.74) is 5.38. The Hall–Kier alpha value is -1.82. The van der Waals surface area contributed by atoms with Gasteiger partial charge in [-0.25, -0.2) is 8.42 Å². The van der Waals surface area contributed by atoms with Gasteiger partial charge in [-0.2, -0.15) is 0 Å². The van der Waals surface area contributed by atoms with Gasteiger partial charge in [0.25, 0.3) is 0 Å². The van der Waals surface area contributed by atoms with E-state index in [0.29, 0.717) is 11.1 Å². The molecule has 0 bridgehead atoms. The predicted octanol–water partition coefficient (Wildman–Crippen LogP) is 1.21. The average Bonchev–Trinajstić information content (AvgIpc) is 2.25. The molecule has 0 fully saturated rings. The standard InChI is InChI=1S/C12H13NO4S/c1-6-4-10-7(2)17-8(3)18(15,16)11(10)5-9(6)12(13)14/h4-5,8H,2H2,1,3H3,(H2,13,14). The second-order valence-electron chi connectivity index (χ2n) is 4.18. The van der Waals surface area contributed by atoms with Crippen molar-refractivity contribution in [2.75, 3.05) is 0 Å². The number of benzene rings is 1. The molecule has 0 saturated heterocycles. The van der Waals surface area contributed by atoms with E-state index in [2.05, 4.69) is 6.58 Å². The molecule has 0 aromatic heterocycles. The van der Waals surface area contributed by atoms with Crippen molar-refractivity contribution in [2.24, 2.45) is 5.73 Å². The molecule has 0 radical (unpaired) electrons. The highest BCUT2D eigenvalue weighted by Crippen LogP contribution is 2.35. The molecular formula is C12H13NO4S. The summed E-state index contributed by atoms with van der Waals surface area (Å²) >= 11 is 0. The fourth-order valence-corrected chi connectivity index (χ4v) is 3.27. The fourth-order valence-electron chi connectivity index (χ4n) is 1.91. The van der Waals surface area contributed by atoms with Crippen molar-refractivity contribution in [2.45, 2.75) is 24.2 Å². The number of fused-ring (bicyclic) bond motifs is 1. The molecule has 18 heavy (non-hydrogen) atoms. The molecule has 1 aromatic rings. The van der Waals surface area contributed by atoms with E-state index in [1.54, 1.807) is 13.0 Å². The number of ether oxygens (including phenoxy) is 1. The molecule has 6 heteroatoms. The number of carbonyl (C=O) groups is 1. The van der Waals surface area contributed by atoms with Gasteiger partial charge in [0.2, 0.25) is 21.2 Å². The SMILES string of the molecule is C=C1OC(C)S(=O)(=O)c2cc(C(N)=O)c(C)cc21. The first-order valence-electron chi connectivity index (χ1n) is 5.29. The molecule has 1 aromatic carbocycles. The first-order valence-corrected chi connectivity index (χ1v) is 6.84. The van der Waals surface area contributed by atoms with Gasteiger partial charge < -0.3 is 10.5 Å². The zero-order valence-corrected chi connectivity index (χ0v) is 10.9. The lowest BCUT2D eigenvalue weighted by Gasteiger charge is -2.26. The van der Waals surface area contributed by atoms with E-state index in [-0.39, 0.29) is 16.2 Å². The van der Waals surface area contributed by atoms with Gasteiger partial charge >= 0.3 is 0 Å². The summed E-state index contributed by atoms with van der Waals surface area (Å²) < 4.78 is 29.4. The Bertz CT molecular complexity index is 661. The van der Waals surface area contributed by atoms with Crippen LogP contribution in [-0.4, -0.2) is 19.8 Å². The van der Waals surface area contributed by atoms with E-state index < -0.39 is 21.2 Å². The molecule has 1 aliphatic rings. The number of hydrogen-bond acceptors (Lipinski definition) is 4. The highest BCUT2D eigenvalue weighted by Gasteiger charge is 2.35. The van der Waals surface area contributed by atoms with Crippen molar-refractivity contribution in [1.29, 1.82) is 0 Å². The summed E-state index contributed by atoms with van der Waals surface area (Å²) in [4.78, 5) is 11.3. The zero-order valence-electron chi connectivity index (χ0n) is 10.1. The fraction of sp³-hybridized carbons (Fsp3) is 0.250. The average molecular weight is 267 g/mol. The Morgan fingerprint density at radius 2 is 2.06 bits per heavy atom. The van der Waals surface area contributed by atoms with E-state index in [1.807, 2.05) is 0 Å². The van der Waals surface area contributed by atoms with E-state index in [9.17, 15) is 13.2 Å². The monoisotopic (exact) mass is 267 g/mol. The highest BCUT2D eigenvalue weighted by molar-refractivity contribution is 7.92. The van der Waals surface area contributed by atoms with Gasteiger partial charge in [0.05, 0.1) is 4.90 Å². The summed E-state index contributed by atoms with van der Waals surface area (Å²) in [6.45, 7) is 6.79. The third-order valence-corrected chi connectivity index (χ3v) is 4.87. The summed E-state index contributed by atoms with van der Waals surface area (Å²) in [5.74, 6) is -0.373. The van der Waals surface area contributed by atoms with Crippen LogP contribution in [0.5, 0.6) is 0 Å². The predicted molar refractivity (Wildman–Crippen MR) is 66.5 cm³/mol. The minimum absolute atomic E-state index is 0.0469. The van der Waals surface area contributed by atoms with Crippen LogP contribution in [0.4, 0.5) is 0 Å². The molecule has 2 rings (SSSR count). The second kappa shape index (κ2) is 3.84. The van der Waals surface area contributed by atoms with Crippen LogP contribution in [-0.2, 0) is 14.6 Å². The van der Waals surface area contributed by atoms with Crippen molar-refractivity contribution in [3.8, 4) is 0 Å². The van der Waals surface area contributed by atoms with Gasteiger partial charge in [-0.05, 0) is 31.5 Å². The van der Waals surface area contributed by atoms with Crippen molar-refractivity contribution < 1.29 is 17.9 Å². The van der Waals surface area contributed by atoms with Crippen molar-refractivity contribution in [3.05, 3.63) is 35.4 Å². The zero-order chi connectivity index (χ0) is 13.7. The summed E-state index contributed by atoms with van der Waals surface area (Å²) in [6, 6.07) is 2.85. The summed E-state index contributed by atoms with van der Waals surface area (Å²) in [5, 5.41) is 0. The number of carbonyl (C=O) groups excluding carboxylic acids is 1. The summed E-state index contributed by atoms with van der Waals surface area (Å²) in [6.07, 6.45) is 0. The number of hydrogen-bond donors (Lipinski definition) is 1. The highest BCUT2D eigenvalue weighted by atomic mass is 32.2. The third-order valence-electron chi connectivity index (χ3n) is 2.94. The van der Waals surface area contributed by atoms with Crippen LogP contribution < -0.4 is 5.73 Å². The largest absolute Gasteiger partial charge is 0.474 e. The third kappa shape index (κ3) is 1.69. The molecule has 0 saturated carbocycles. The number of aryl methyl sites for hydroxylation is 1. The van der Waals surface area contributed by atoms with Crippen LogP contribution in [0.2, 0.25) is 0 Å². The van der Waals surface area contributed by atoms with Crippen LogP contribution >= 0.6 is 0 Å². The lowest BCUT2D eigenvalue weighted by Crippen LogP contribution is -2.27. The van der Waals surface area contributed by atoms with E-state index >= 15 is 0 Å².